The van der Waals surface area contributed by atoms with Crippen molar-refractivity contribution in [1.29, 1.82) is 0 Å². The van der Waals surface area contributed by atoms with Gasteiger partial charge in [-0.05, 0) is 31.4 Å². The van der Waals surface area contributed by atoms with Gasteiger partial charge in [0, 0.05) is 11.8 Å². The van der Waals surface area contributed by atoms with Crippen molar-refractivity contribution in [2.24, 2.45) is 0 Å². The third-order valence-electron chi connectivity index (χ3n) is 2.59. The first-order valence-electron chi connectivity index (χ1n) is 6.31. The summed E-state index contributed by atoms with van der Waals surface area (Å²) in [6, 6.07) is 3.18. The second kappa shape index (κ2) is 7.94. The molecule has 0 spiro atoms. The zero-order valence-corrected chi connectivity index (χ0v) is 13.2. The summed E-state index contributed by atoms with van der Waals surface area (Å²) in [6.45, 7) is 5.86. The highest BCUT2D eigenvalue weighted by Gasteiger charge is 2.19. The third kappa shape index (κ3) is 5.56. The Hall–Kier alpha value is -0.500. The summed E-state index contributed by atoms with van der Waals surface area (Å²) < 4.78 is 31.8. The lowest BCUT2D eigenvalue weighted by atomic mass is 10.4. The van der Waals surface area contributed by atoms with Crippen molar-refractivity contribution < 1.29 is 12.8 Å². The minimum absolute atomic E-state index is 0.0194. The van der Waals surface area contributed by atoms with Gasteiger partial charge in [0.05, 0.1) is 6.54 Å². The molecule has 0 aliphatic heterocycles. The predicted molar refractivity (Wildman–Crippen MR) is 78.9 cm³/mol. The van der Waals surface area contributed by atoms with Crippen molar-refractivity contribution in [2.45, 2.75) is 37.2 Å². The van der Waals surface area contributed by atoms with Gasteiger partial charge in [-0.1, -0.05) is 13.8 Å². The van der Waals surface area contributed by atoms with Gasteiger partial charge in [-0.3, -0.25) is 0 Å². The van der Waals surface area contributed by atoms with Crippen molar-refractivity contribution in [1.82, 2.24) is 10.0 Å². The Morgan fingerprint density at radius 3 is 2.79 bits per heavy atom. The Morgan fingerprint density at radius 1 is 1.42 bits per heavy atom. The molecular formula is C12H22N2O3S2. The maximum atomic E-state index is 12.0. The molecule has 1 aromatic heterocycles. The highest BCUT2D eigenvalue weighted by atomic mass is 32.2. The summed E-state index contributed by atoms with van der Waals surface area (Å²) >= 11 is 1.61. The molecule has 1 rings (SSSR count). The highest BCUT2D eigenvalue weighted by molar-refractivity contribution is 7.99. The first-order chi connectivity index (χ1) is 8.99. The van der Waals surface area contributed by atoms with Crippen molar-refractivity contribution in [3.05, 3.63) is 17.9 Å². The SMILES string of the molecule is CCCNCc1ccc(S(=O)(=O)NCC(C)SC)o1. The van der Waals surface area contributed by atoms with Gasteiger partial charge in [0.1, 0.15) is 5.76 Å². The fraction of sp³-hybridized carbons (Fsp3) is 0.667. The van der Waals surface area contributed by atoms with Crippen molar-refractivity contribution in [2.75, 3.05) is 19.3 Å². The summed E-state index contributed by atoms with van der Waals surface area (Å²) in [5.74, 6) is 0.631. The van der Waals surface area contributed by atoms with Crippen LogP contribution < -0.4 is 10.0 Å². The van der Waals surface area contributed by atoms with Crippen molar-refractivity contribution >= 4 is 21.8 Å². The Morgan fingerprint density at radius 2 is 2.16 bits per heavy atom. The minimum Gasteiger partial charge on any atom is -0.447 e. The fourth-order valence-electron chi connectivity index (χ4n) is 1.37. The van der Waals surface area contributed by atoms with Crippen LogP contribution in [0.15, 0.2) is 21.6 Å². The summed E-state index contributed by atoms with van der Waals surface area (Å²) in [4.78, 5) is 0. The van der Waals surface area contributed by atoms with E-state index in [1.54, 1.807) is 17.8 Å². The molecule has 0 radical (unpaired) electrons. The van der Waals surface area contributed by atoms with Crippen LogP contribution in [0.25, 0.3) is 0 Å². The Balaban J connectivity index is 2.58. The quantitative estimate of drug-likeness (QED) is 0.681. The van der Waals surface area contributed by atoms with Crippen LogP contribution in [0.5, 0.6) is 0 Å². The Kier molecular flexibility index (Phi) is 6.92. The van der Waals surface area contributed by atoms with Gasteiger partial charge in [-0.2, -0.15) is 11.8 Å². The molecule has 0 aromatic carbocycles. The number of nitrogens with one attached hydrogen (secondary N) is 2. The Bertz CT molecular complexity index is 471. The summed E-state index contributed by atoms with van der Waals surface area (Å²) in [5.41, 5.74) is 0. The topological polar surface area (TPSA) is 71.3 Å². The smallest absolute Gasteiger partial charge is 0.273 e. The van der Waals surface area contributed by atoms with Gasteiger partial charge in [-0.15, -0.1) is 0 Å². The average molecular weight is 306 g/mol. The van der Waals surface area contributed by atoms with Crippen LogP contribution >= 0.6 is 11.8 Å². The van der Waals surface area contributed by atoms with Crippen molar-refractivity contribution in [3.8, 4) is 0 Å². The maximum Gasteiger partial charge on any atom is 0.273 e. The van der Waals surface area contributed by atoms with Crippen LogP contribution in [0, 0.1) is 0 Å². The van der Waals surface area contributed by atoms with E-state index in [-0.39, 0.29) is 10.3 Å². The number of furan rings is 1. The molecule has 19 heavy (non-hydrogen) atoms. The van der Waals surface area contributed by atoms with E-state index in [0.29, 0.717) is 18.8 Å². The summed E-state index contributed by atoms with van der Waals surface area (Å²) in [6.07, 6.45) is 2.98. The van der Waals surface area contributed by atoms with Gasteiger partial charge in [0.2, 0.25) is 5.09 Å². The van der Waals surface area contributed by atoms with Gasteiger partial charge in [0.15, 0.2) is 0 Å². The van der Waals surface area contributed by atoms with Gasteiger partial charge >= 0.3 is 0 Å². The molecule has 0 fully saturated rings. The Labute approximate surface area is 119 Å². The second-order valence-electron chi connectivity index (χ2n) is 4.30. The molecule has 0 aliphatic carbocycles. The zero-order valence-electron chi connectivity index (χ0n) is 11.6. The molecular weight excluding hydrogens is 284 g/mol. The van der Waals surface area contributed by atoms with E-state index in [1.165, 1.54) is 6.07 Å². The third-order valence-corrected chi connectivity index (χ3v) is 4.86. The molecule has 7 heteroatoms. The monoisotopic (exact) mass is 306 g/mol. The highest BCUT2D eigenvalue weighted by Crippen LogP contribution is 2.14. The van der Waals surface area contributed by atoms with Crippen LogP contribution in [0.2, 0.25) is 0 Å². The standard InChI is InChI=1S/C12H22N2O3S2/c1-4-7-13-9-11-5-6-12(17-11)19(15,16)14-8-10(2)18-3/h5-6,10,13-14H,4,7-9H2,1-3H3. The number of hydrogen-bond donors (Lipinski definition) is 2. The summed E-state index contributed by atoms with van der Waals surface area (Å²) in [5, 5.41) is 3.38. The molecule has 0 saturated carbocycles. The van der Waals surface area contributed by atoms with E-state index in [9.17, 15) is 8.42 Å². The van der Waals surface area contributed by atoms with E-state index >= 15 is 0 Å². The van der Waals surface area contributed by atoms with Crippen LogP contribution in [0.1, 0.15) is 26.0 Å². The lowest BCUT2D eigenvalue weighted by molar-refractivity contribution is 0.400. The molecule has 1 unspecified atom stereocenters. The van der Waals surface area contributed by atoms with E-state index in [1.807, 2.05) is 13.2 Å². The number of sulfonamides is 1. The predicted octanol–water partition coefficient (Wildman–Crippen LogP) is 1.81. The lowest BCUT2D eigenvalue weighted by Crippen LogP contribution is -2.29. The number of hydrogen-bond acceptors (Lipinski definition) is 5. The lowest BCUT2D eigenvalue weighted by Gasteiger charge is -2.08. The van der Waals surface area contributed by atoms with E-state index in [2.05, 4.69) is 17.0 Å². The van der Waals surface area contributed by atoms with Gasteiger partial charge in [0.25, 0.3) is 10.0 Å². The normalized spacial score (nSPS) is 13.6. The molecule has 1 heterocycles. The molecule has 1 atom stereocenters. The van der Waals surface area contributed by atoms with Gasteiger partial charge in [-0.25, -0.2) is 13.1 Å². The number of rotatable bonds is 9. The van der Waals surface area contributed by atoms with E-state index in [4.69, 9.17) is 4.42 Å². The van der Waals surface area contributed by atoms with E-state index in [0.717, 1.165) is 13.0 Å². The maximum absolute atomic E-state index is 12.0. The largest absolute Gasteiger partial charge is 0.447 e. The molecule has 5 nitrogen and oxygen atoms in total. The first-order valence-corrected chi connectivity index (χ1v) is 9.08. The molecule has 0 bridgehead atoms. The van der Waals surface area contributed by atoms with Crippen LogP contribution in [-0.4, -0.2) is 33.0 Å². The minimum atomic E-state index is -3.53. The van der Waals surface area contributed by atoms with Crippen LogP contribution in [-0.2, 0) is 16.6 Å². The van der Waals surface area contributed by atoms with Crippen LogP contribution in [0.4, 0.5) is 0 Å². The van der Waals surface area contributed by atoms with Crippen molar-refractivity contribution in [3.63, 3.8) is 0 Å². The average Bonchev–Trinajstić information content (AvgIpc) is 2.86. The molecule has 0 amide bonds. The molecule has 110 valence electrons. The fourth-order valence-corrected chi connectivity index (χ4v) is 2.80. The molecule has 0 aliphatic rings. The van der Waals surface area contributed by atoms with Gasteiger partial charge < -0.3 is 9.73 Å². The molecule has 0 saturated heterocycles. The van der Waals surface area contributed by atoms with Crippen LogP contribution in [0.3, 0.4) is 0 Å². The first kappa shape index (κ1) is 16.6. The second-order valence-corrected chi connectivity index (χ2v) is 7.27. The van der Waals surface area contributed by atoms with E-state index < -0.39 is 10.0 Å². The molecule has 2 N–H and O–H groups in total. The number of thioether (sulfide) groups is 1. The zero-order chi connectivity index (χ0) is 14.3. The summed E-state index contributed by atoms with van der Waals surface area (Å²) in [7, 11) is -3.53. The molecule has 1 aromatic rings.